The van der Waals surface area contributed by atoms with Gasteiger partial charge in [-0.2, -0.15) is 0 Å². The van der Waals surface area contributed by atoms with Gasteiger partial charge in [-0.1, -0.05) is 38.1 Å². The molecule has 0 aliphatic carbocycles. The number of aromatic hydroxyl groups is 6. The highest BCUT2D eigenvalue weighted by Crippen LogP contribution is 2.38. The van der Waals surface area contributed by atoms with Gasteiger partial charge < -0.3 is 30.6 Å². The molecule has 3 aromatic carbocycles. The first-order valence-electron chi connectivity index (χ1n) is 9.45. The van der Waals surface area contributed by atoms with E-state index in [9.17, 15) is 30.6 Å². The zero-order valence-corrected chi connectivity index (χ0v) is 16.6. The van der Waals surface area contributed by atoms with Gasteiger partial charge in [0, 0.05) is 5.92 Å². The summed E-state index contributed by atoms with van der Waals surface area (Å²) >= 11 is 0. The molecule has 3 aromatic rings. The molecule has 156 valence electrons. The van der Waals surface area contributed by atoms with Gasteiger partial charge >= 0.3 is 0 Å². The van der Waals surface area contributed by atoms with Gasteiger partial charge in [0.2, 0.25) is 0 Å². The number of benzene rings is 3. The molecule has 0 aromatic heterocycles. The van der Waals surface area contributed by atoms with Gasteiger partial charge in [-0.25, -0.2) is 0 Å². The lowest BCUT2D eigenvalue weighted by atomic mass is 9.88. The van der Waals surface area contributed by atoms with E-state index in [1.807, 2.05) is 19.9 Å². The third kappa shape index (κ3) is 4.27. The van der Waals surface area contributed by atoms with Crippen molar-refractivity contribution in [3.8, 4) is 34.5 Å². The smallest absolute Gasteiger partial charge is 0.158 e. The minimum atomic E-state index is -0.256. The Morgan fingerprint density at radius 1 is 0.600 bits per heavy atom. The molecule has 0 saturated heterocycles. The van der Waals surface area contributed by atoms with E-state index < -0.39 is 0 Å². The minimum absolute atomic E-state index is 0.103. The summed E-state index contributed by atoms with van der Waals surface area (Å²) in [7, 11) is 0. The highest BCUT2D eigenvalue weighted by Gasteiger charge is 2.17. The van der Waals surface area contributed by atoms with Crippen molar-refractivity contribution in [1.29, 1.82) is 0 Å². The summed E-state index contributed by atoms with van der Waals surface area (Å²) in [6.45, 7) is 3.81. The summed E-state index contributed by atoms with van der Waals surface area (Å²) in [6.07, 6.45) is 3.68. The number of hydrogen-bond acceptors (Lipinski definition) is 6. The molecule has 0 saturated carbocycles. The van der Waals surface area contributed by atoms with E-state index in [0.717, 1.165) is 11.1 Å². The van der Waals surface area contributed by atoms with Crippen LogP contribution in [0.5, 0.6) is 34.5 Å². The van der Waals surface area contributed by atoms with Gasteiger partial charge in [0.25, 0.3) is 0 Å². The van der Waals surface area contributed by atoms with Gasteiger partial charge in [-0.3, -0.25) is 0 Å². The Hall–Kier alpha value is -3.80. The molecule has 0 heterocycles. The Bertz CT molecular complexity index is 1100. The van der Waals surface area contributed by atoms with Crippen molar-refractivity contribution in [2.75, 3.05) is 0 Å². The second-order valence-electron chi connectivity index (χ2n) is 7.34. The summed E-state index contributed by atoms with van der Waals surface area (Å²) in [5.74, 6) is -1.71. The van der Waals surface area contributed by atoms with Crippen LogP contribution in [0.2, 0.25) is 0 Å². The van der Waals surface area contributed by atoms with Crippen LogP contribution in [0.25, 0.3) is 6.08 Å². The maximum atomic E-state index is 10.0. The van der Waals surface area contributed by atoms with Crippen LogP contribution in [0, 0.1) is 0 Å². The predicted molar refractivity (Wildman–Crippen MR) is 114 cm³/mol. The summed E-state index contributed by atoms with van der Waals surface area (Å²) in [6, 6.07) is 12.1. The maximum absolute atomic E-state index is 10.0. The number of rotatable bonds is 5. The highest BCUT2D eigenvalue weighted by atomic mass is 16.3. The van der Waals surface area contributed by atoms with Crippen LogP contribution >= 0.6 is 0 Å². The lowest BCUT2D eigenvalue weighted by Gasteiger charge is -2.17. The van der Waals surface area contributed by atoms with Crippen LogP contribution in [0.1, 0.15) is 47.9 Å². The van der Waals surface area contributed by atoms with E-state index in [2.05, 4.69) is 0 Å². The highest BCUT2D eigenvalue weighted by molar-refractivity contribution is 5.63. The number of phenols is 6. The SMILES string of the molecule is CC(C=Cc1cc(O)c(O)cc1C(C)c1ccc(O)c(O)c1)c1ccc(O)c(O)c1. The molecular formula is C24H24O6. The number of hydrogen-bond donors (Lipinski definition) is 6. The van der Waals surface area contributed by atoms with Gasteiger partial charge in [-0.15, -0.1) is 0 Å². The van der Waals surface area contributed by atoms with Crippen LogP contribution < -0.4 is 0 Å². The first-order valence-corrected chi connectivity index (χ1v) is 9.45. The molecule has 2 atom stereocenters. The largest absolute Gasteiger partial charge is 0.504 e. The molecule has 0 aliphatic rings. The molecule has 0 spiro atoms. The van der Waals surface area contributed by atoms with E-state index >= 15 is 0 Å². The van der Waals surface area contributed by atoms with Gasteiger partial charge in [0.05, 0.1) is 0 Å². The van der Waals surface area contributed by atoms with Crippen LogP contribution in [0.4, 0.5) is 0 Å². The lowest BCUT2D eigenvalue weighted by Crippen LogP contribution is -1.99. The van der Waals surface area contributed by atoms with Crippen LogP contribution in [-0.4, -0.2) is 30.6 Å². The van der Waals surface area contributed by atoms with Crippen LogP contribution in [0.15, 0.2) is 54.6 Å². The molecule has 2 unspecified atom stereocenters. The van der Waals surface area contributed by atoms with Crippen molar-refractivity contribution < 1.29 is 30.6 Å². The first kappa shape index (κ1) is 20.9. The fourth-order valence-electron chi connectivity index (χ4n) is 3.30. The van der Waals surface area contributed by atoms with Crippen molar-refractivity contribution >= 4 is 6.08 Å². The quantitative estimate of drug-likeness (QED) is 0.334. The first-order chi connectivity index (χ1) is 14.2. The molecule has 0 radical (unpaired) electrons. The Kier molecular flexibility index (Phi) is 5.78. The van der Waals surface area contributed by atoms with Crippen molar-refractivity contribution in [3.63, 3.8) is 0 Å². The molecule has 0 aliphatic heterocycles. The molecule has 6 nitrogen and oxygen atoms in total. The third-order valence-electron chi connectivity index (χ3n) is 5.24. The Morgan fingerprint density at radius 3 is 1.70 bits per heavy atom. The van der Waals surface area contributed by atoms with Crippen molar-refractivity contribution in [3.05, 3.63) is 76.9 Å². The van der Waals surface area contributed by atoms with Crippen molar-refractivity contribution in [2.24, 2.45) is 0 Å². The monoisotopic (exact) mass is 408 g/mol. The molecule has 0 bridgehead atoms. The van der Waals surface area contributed by atoms with E-state index in [0.29, 0.717) is 11.1 Å². The Morgan fingerprint density at radius 2 is 1.10 bits per heavy atom. The average molecular weight is 408 g/mol. The topological polar surface area (TPSA) is 121 Å². The summed E-state index contributed by atoms with van der Waals surface area (Å²) in [5.41, 5.74) is 2.90. The average Bonchev–Trinajstić information content (AvgIpc) is 2.71. The molecule has 0 amide bonds. The zero-order chi connectivity index (χ0) is 22.0. The van der Waals surface area contributed by atoms with Gasteiger partial charge in [-0.05, 0) is 64.6 Å². The van der Waals surface area contributed by atoms with Crippen molar-refractivity contribution in [1.82, 2.24) is 0 Å². The van der Waals surface area contributed by atoms with Gasteiger partial charge in [0.15, 0.2) is 34.5 Å². The minimum Gasteiger partial charge on any atom is -0.504 e. The molecule has 6 N–H and O–H groups in total. The Balaban J connectivity index is 1.97. The molecule has 30 heavy (non-hydrogen) atoms. The Labute approximate surface area is 174 Å². The van der Waals surface area contributed by atoms with E-state index in [1.54, 1.807) is 18.2 Å². The second kappa shape index (κ2) is 8.29. The van der Waals surface area contributed by atoms with Crippen LogP contribution in [0.3, 0.4) is 0 Å². The van der Waals surface area contributed by atoms with Gasteiger partial charge in [0.1, 0.15) is 0 Å². The molecule has 6 heteroatoms. The second-order valence-corrected chi connectivity index (χ2v) is 7.34. The molecule has 0 fully saturated rings. The van der Waals surface area contributed by atoms with E-state index in [1.165, 1.54) is 36.4 Å². The number of phenolic OH excluding ortho intramolecular Hbond substituents is 6. The fraction of sp³-hybridized carbons (Fsp3) is 0.167. The zero-order valence-electron chi connectivity index (χ0n) is 16.6. The summed E-state index contributed by atoms with van der Waals surface area (Å²) in [4.78, 5) is 0. The maximum Gasteiger partial charge on any atom is 0.158 e. The summed E-state index contributed by atoms with van der Waals surface area (Å²) < 4.78 is 0. The predicted octanol–water partition coefficient (Wildman–Crippen LogP) is 4.89. The molecular weight excluding hydrogens is 384 g/mol. The fourth-order valence-corrected chi connectivity index (χ4v) is 3.30. The lowest BCUT2D eigenvalue weighted by molar-refractivity contribution is 0.402. The van der Waals surface area contributed by atoms with Crippen molar-refractivity contribution in [2.45, 2.75) is 25.7 Å². The van der Waals surface area contributed by atoms with Crippen LogP contribution in [-0.2, 0) is 0 Å². The molecule has 3 rings (SSSR count). The van der Waals surface area contributed by atoms with E-state index in [4.69, 9.17) is 0 Å². The summed E-state index contributed by atoms with van der Waals surface area (Å²) in [5, 5.41) is 58.6. The number of allylic oxidation sites excluding steroid dienone is 1. The van der Waals surface area contributed by atoms with E-state index in [-0.39, 0.29) is 46.3 Å². The third-order valence-corrected chi connectivity index (χ3v) is 5.24. The standard InChI is InChI=1S/C24H24O6/c1-13(15-5-7-19(25)21(27)9-15)3-4-17-11-23(29)24(30)12-18(17)14(2)16-6-8-20(26)22(28)10-16/h3-14,25-30H,1-2H3. The normalized spacial score (nSPS) is 13.4.